The number of rotatable bonds is 4. The van der Waals surface area contributed by atoms with Crippen LogP contribution in [0.15, 0.2) is 24.3 Å². The van der Waals surface area contributed by atoms with Crippen LogP contribution in [-0.4, -0.2) is 11.1 Å². The summed E-state index contributed by atoms with van der Waals surface area (Å²) in [5.41, 5.74) is 6.13. The van der Waals surface area contributed by atoms with Crippen LogP contribution >= 0.6 is 0 Å². The highest BCUT2D eigenvalue weighted by Crippen LogP contribution is 2.37. The minimum absolute atomic E-state index is 0.0243. The number of fused-ring (bicyclic) bond motifs is 1. The quantitative estimate of drug-likeness (QED) is 0.899. The molecule has 2 N–H and O–H groups in total. The van der Waals surface area contributed by atoms with E-state index in [4.69, 9.17) is 5.73 Å². The molecule has 0 fully saturated rings. The van der Waals surface area contributed by atoms with E-state index in [1.165, 1.54) is 6.07 Å². The zero-order chi connectivity index (χ0) is 14.9. The Morgan fingerprint density at radius 3 is 2.50 bits per heavy atom. The van der Waals surface area contributed by atoms with Crippen LogP contribution in [0.4, 0.5) is 13.2 Å². The lowest BCUT2D eigenvalue weighted by Crippen LogP contribution is -2.12. The first-order chi connectivity index (χ1) is 9.36. The van der Waals surface area contributed by atoms with Crippen LogP contribution in [0.2, 0.25) is 0 Å². The number of halogens is 3. The van der Waals surface area contributed by atoms with E-state index in [1.807, 2.05) is 19.9 Å². The smallest absolute Gasteiger partial charge is 0.342 e. The van der Waals surface area contributed by atoms with Crippen molar-refractivity contribution < 1.29 is 13.2 Å². The largest absolute Gasteiger partial charge is 0.418 e. The summed E-state index contributed by atoms with van der Waals surface area (Å²) in [5.74, 6) is 0. The summed E-state index contributed by atoms with van der Waals surface area (Å²) in [6, 6.07) is 6.16. The van der Waals surface area contributed by atoms with Gasteiger partial charge in [-0.1, -0.05) is 12.1 Å². The maximum absolute atomic E-state index is 13.2. The van der Waals surface area contributed by atoms with Gasteiger partial charge in [0.15, 0.2) is 0 Å². The lowest BCUT2D eigenvalue weighted by Gasteiger charge is -2.17. The number of benzene rings is 1. The lowest BCUT2D eigenvalue weighted by atomic mass is 10.1. The first-order valence-electron chi connectivity index (χ1n) is 6.76. The monoisotopic (exact) mass is 284 g/mol. The van der Waals surface area contributed by atoms with Crippen molar-refractivity contribution in [2.24, 2.45) is 5.73 Å². The van der Waals surface area contributed by atoms with Crippen molar-refractivity contribution in [3.8, 4) is 0 Å². The minimum Gasteiger partial charge on any atom is -0.342 e. The maximum Gasteiger partial charge on any atom is 0.418 e. The van der Waals surface area contributed by atoms with Gasteiger partial charge in [0.25, 0.3) is 0 Å². The van der Waals surface area contributed by atoms with Gasteiger partial charge >= 0.3 is 6.18 Å². The number of para-hydroxylation sites is 1. The third-order valence-electron chi connectivity index (χ3n) is 3.40. The molecule has 0 saturated heterocycles. The van der Waals surface area contributed by atoms with Crippen molar-refractivity contribution in [2.45, 2.75) is 38.9 Å². The van der Waals surface area contributed by atoms with Gasteiger partial charge in [0.1, 0.15) is 0 Å². The first-order valence-corrected chi connectivity index (χ1v) is 6.76. The lowest BCUT2D eigenvalue weighted by molar-refractivity contribution is -0.136. The average Bonchev–Trinajstić information content (AvgIpc) is 2.72. The number of nitrogens with two attached hydrogens (primary N) is 1. The molecule has 0 saturated carbocycles. The summed E-state index contributed by atoms with van der Waals surface area (Å²) < 4.78 is 41.4. The van der Waals surface area contributed by atoms with E-state index in [2.05, 4.69) is 0 Å². The molecule has 0 unspecified atom stereocenters. The standard InChI is InChI=1S/C15H19F3N2/c1-10(2)20-12(6-4-8-19)9-11-5-3-7-13(14(11)20)15(16,17)18/h3,5,7,9-10H,4,6,8,19H2,1-2H3. The van der Waals surface area contributed by atoms with Crippen LogP contribution < -0.4 is 5.73 Å². The zero-order valence-electron chi connectivity index (χ0n) is 11.7. The van der Waals surface area contributed by atoms with E-state index < -0.39 is 11.7 Å². The number of alkyl halides is 3. The van der Waals surface area contributed by atoms with Crippen LogP contribution in [0, 0.1) is 0 Å². The Morgan fingerprint density at radius 2 is 1.95 bits per heavy atom. The summed E-state index contributed by atoms with van der Waals surface area (Å²) in [4.78, 5) is 0. The van der Waals surface area contributed by atoms with Gasteiger partial charge in [-0.3, -0.25) is 0 Å². The Kier molecular flexibility index (Phi) is 4.09. The normalized spacial score (nSPS) is 12.6. The van der Waals surface area contributed by atoms with Gasteiger partial charge in [-0.25, -0.2) is 0 Å². The zero-order valence-corrected chi connectivity index (χ0v) is 11.7. The van der Waals surface area contributed by atoms with Crippen molar-refractivity contribution in [1.29, 1.82) is 0 Å². The summed E-state index contributed by atoms with van der Waals surface area (Å²) >= 11 is 0. The number of hydrogen-bond donors (Lipinski definition) is 1. The fourth-order valence-electron chi connectivity index (χ4n) is 2.63. The summed E-state index contributed by atoms with van der Waals surface area (Å²) in [6.07, 6.45) is -2.87. The molecule has 1 aromatic carbocycles. The molecule has 2 nitrogen and oxygen atoms in total. The predicted molar refractivity (Wildman–Crippen MR) is 74.7 cm³/mol. The fourth-order valence-corrected chi connectivity index (χ4v) is 2.63. The second-order valence-electron chi connectivity index (χ2n) is 5.23. The molecule has 0 aliphatic heterocycles. The van der Waals surface area contributed by atoms with Crippen LogP contribution in [0.3, 0.4) is 0 Å². The third kappa shape index (κ3) is 2.68. The second-order valence-corrected chi connectivity index (χ2v) is 5.23. The molecule has 0 atom stereocenters. The highest BCUT2D eigenvalue weighted by atomic mass is 19.4. The Morgan fingerprint density at radius 1 is 1.25 bits per heavy atom. The fraction of sp³-hybridized carbons (Fsp3) is 0.467. The molecule has 110 valence electrons. The number of nitrogens with zero attached hydrogens (tertiary/aromatic N) is 1. The molecule has 0 bridgehead atoms. The highest BCUT2D eigenvalue weighted by molar-refractivity contribution is 5.85. The van der Waals surface area contributed by atoms with Gasteiger partial charge in [-0.15, -0.1) is 0 Å². The topological polar surface area (TPSA) is 30.9 Å². The van der Waals surface area contributed by atoms with E-state index in [9.17, 15) is 13.2 Å². The van der Waals surface area contributed by atoms with Crippen molar-refractivity contribution in [2.75, 3.05) is 6.54 Å². The summed E-state index contributed by atoms with van der Waals surface area (Å²) in [6.45, 7) is 4.34. The number of hydrogen-bond acceptors (Lipinski definition) is 1. The first kappa shape index (κ1) is 14.9. The molecule has 2 aromatic rings. The molecule has 0 aliphatic rings. The van der Waals surface area contributed by atoms with Gasteiger partial charge in [-0.05, 0) is 45.4 Å². The number of aryl methyl sites for hydroxylation is 1. The molecule has 2 rings (SSSR count). The van der Waals surface area contributed by atoms with E-state index in [0.29, 0.717) is 18.4 Å². The molecule has 1 aromatic heterocycles. The highest BCUT2D eigenvalue weighted by Gasteiger charge is 2.34. The maximum atomic E-state index is 13.2. The van der Waals surface area contributed by atoms with E-state index in [-0.39, 0.29) is 11.6 Å². The molecule has 0 radical (unpaired) electrons. The van der Waals surface area contributed by atoms with Crippen molar-refractivity contribution in [1.82, 2.24) is 4.57 Å². The Bertz CT molecular complexity index is 597. The Balaban J connectivity index is 2.70. The Hall–Kier alpha value is -1.49. The number of aromatic nitrogens is 1. The Labute approximate surface area is 116 Å². The average molecular weight is 284 g/mol. The molecular weight excluding hydrogens is 265 g/mol. The summed E-state index contributed by atoms with van der Waals surface area (Å²) in [5, 5.41) is 0.639. The van der Waals surface area contributed by atoms with E-state index in [0.717, 1.165) is 18.2 Å². The molecule has 20 heavy (non-hydrogen) atoms. The third-order valence-corrected chi connectivity index (χ3v) is 3.40. The van der Waals surface area contributed by atoms with Crippen molar-refractivity contribution in [3.63, 3.8) is 0 Å². The van der Waals surface area contributed by atoms with Gasteiger partial charge in [0.2, 0.25) is 0 Å². The SMILES string of the molecule is CC(C)n1c(CCCN)cc2cccc(C(F)(F)F)c21. The molecule has 0 amide bonds. The van der Waals surface area contributed by atoms with Crippen LogP contribution in [0.1, 0.15) is 37.6 Å². The molecular formula is C15H19F3N2. The molecule has 0 spiro atoms. The van der Waals surface area contributed by atoms with Crippen molar-refractivity contribution >= 4 is 10.9 Å². The van der Waals surface area contributed by atoms with E-state index >= 15 is 0 Å². The second kappa shape index (κ2) is 5.48. The summed E-state index contributed by atoms with van der Waals surface area (Å²) in [7, 11) is 0. The van der Waals surface area contributed by atoms with Crippen molar-refractivity contribution in [3.05, 3.63) is 35.5 Å². The van der Waals surface area contributed by atoms with Crippen LogP contribution in [-0.2, 0) is 12.6 Å². The van der Waals surface area contributed by atoms with Gasteiger partial charge < -0.3 is 10.3 Å². The van der Waals surface area contributed by atoms with E-state index in [1.54, 1.807) is 10.6 Å². The molecule has 1 heterocycles. The molecule has 0 aliphatic carbocycles. The molecule has 5 heteroatoms. The van der Waals surface area contributed by atoms with Gasteiger partial charge in [0, 0.05) is 17.1 Å². The van der Waals surface area contributed by atoms with Gasteiger partial charge in [-0.2, -0.15) is 13.2 Å². The minimum atomic E-state index is -4.34. The predicted octanol–water partition coefficient (Wildman–Crippen LogP) is 4.13. The van der Waals surface area contributed by atoms with Crippen LogP contribution in [0.5, 0.6) is 0 Å². The van der Waals surface area contributed by atoms with Crippen LogP contribution in [0.25, 0.3) is 10.9 Å². The van der Waals surface area contributed by atoms with Gasteiger partial charge in [0.05, 0.1) is 11.1 Å².